The summed E-state index contributed by atoms with van der Waals surface area (Å²) in [5.74, 6) is 0. The lowest BCUT2D eigenvalue weighted by Gasteiger charge is -2.30. The van der Waals surface area contributed by atoms with Crippen LogP contribution in [-0.4, -0.2) is 29.1 Å². The lowest BCUT2D eigenvalue weighted by molar-refractivity contribution is 1.14. The summed E-state index contributed by atoms with van der Waals surface area (Å²) in [5, 5.41) is 4.69. The molecule has 6 aromatic carbocycles. The molecule has 270 valence electrons. The van der Waals surface area contributed by atoms with Gasteiger partial charge in [0.15, 0.2) is 0 Å². The Morgan fingerprint density at radius 2 is 0.759 bits per heavy atom. The zero-order valence-electron chi connectivity index (χ0n) is 31.2. The number of rotatable bonds is 6. The van der Waals surface area contributed by atoms with E-state index in [0.29, 0.717) is 0 Å². The summed E-state index contributed by atoms with van der Waals surface area (Å²) in [4.78, 5) is 19.2. The molecular weight excluding hydrogens is 709 g/mol. The van der Waals surface area contributed by atoms with Crippen molar-refractivity contribution in [1.29, 1.82) is 0 Å². The Morgan fingerprint density at radius 1 is 0.328 bits per heavy atom. The number of aromatic nitrogens is 6. The molecule has 2 aliphatic heterocycles. The number of hydrogen-bond donors (Lipinski definition) is 0. The molecule has 0 unspecified atom stereocenters. The Balaban J connectivity index is 1.23. The Kier molecular flexibility index (Phi) is 7.13. The molecule has 0 radical (unpaired) electrons. The number of benzene rings is 6. The number of pyridine rings is 6. The van der Waals surface area contributed by atoms with Crippen LogP contribution in [0.5, 0.6) is 0 Å². The van der Waals surface area contributed by atoms with Gasteiger partial charge in [-0.15, -0.1) is 0 Å². The Labute approximate surface area is 333 Å². The first-order valence-corrected chi connectivity index (χ1v) is 19.5. The van der Waals surface area contributed by atoms with Crippen LogP contribution in [0.15, 0.2) is 195 Å². The van der Waals surface area contributed by atoms with Gasteiger partial charge in [-0.05, 0) is 108 Å². The van der Waals surface area contributed by atoms with Gasteiger partial charge in [0.2, 0.25) is 0 Å². The second-order valence-corrected chi connectivity index (χ2v) is 14.7. The third kappa shape index (κ3) is 4.85. The molecule has 0 spiro atoms. The van der Waals surface area contributed by atoms with Crippen LogP contribution in [0.2, 0.25) is 0 Å². The summed E-state index contributed by atoms with van der Waals surface area (Å²) in [7, 11) is 0. The molecule has 0 N–H and O–H groups in total. The van der Waals surface area contributed by atoms with E-state index in [4.69, 9.17) is 9.97 Å². The van der Waals surface area contributed by atoms with Gasteiger partial charge in [0, 0.05) is 80.3 Å². The smallest absolute Gasteiger partial charge is 0.0725 e. The van der Waals surface area contributed by atoms with Crippen molar-refractivity contribution in [2.75, 3.05) is 0 Å². The van der Waals surface area contributed by atoms with E-state index in [0.717, 1.165) is 89.2 Å². The normalized spacial score (nSPS) is 11.8. The molecule has 4 aromatic heterocycles. The van der Waals surface area contributed by atoms with Crippen LogP contribution in [0.3, 0.4) is 0 Å². The maximum absolute atomic E-state index is 5.23. The minimum Gasteiger partial charge on any atom is -0.309 e. The van der Waals surface area contributed by atoms with E-state index in [-0.39, 0.29) is 0 Å². The number of para-hydroxylation sites is 2. The van der Waals surface area contributed by atoms with Gasteiger partial charge in [-0.2, -0.15) is 0 Å². The third-order valence-corrected chi connectivity index (χ3v) is 11.5. The van der Waals surface area contributed by atoms with E-state index in [1.165, 1.54) is 21.9 Å². The molecule has 6 heteroatoms. The summed E-state index contributed by atoms with van der Waals surface area (Å²) in [6.07, 6.45) is 7.34. The topological polar surface area (TPSA) is 61.4 Å². The van der Waals surface area contributed by atoms with E-state index in [1.54, 1.807) is 12.4 Å². The minimum absolute atomic E-state index is 0.892. The third-order valence-electron chi connectivity index (χ3n) is 11.5. The molecule has 0 amide bonds. The van der Waals surface area contributed by atoms with Crippen LogP contribution in [0.4, 0.5) is 0 Å². The maximum atomic E-state index is 5.23. The van der Waals surface area contributed by atoms with Gasteiger partial charge in [-0.3, -0.25) is 9.97 Å². The first-order chi connectivity index (χ1) is 28.8. The molecule has 2 aliphatic rings. The van der Waals surface area contributed by atoms with Crippen molar-refractivity contribution < 1.29 is 0 Å². The van der Waals surface area contributed by atoms with Crippen LogP contribution >= 0.6 is 0 Å². The fraction of sp³-hybridized carbons (Fsp3) is 0. The maximum Gasteiger partial charge on any atom is 0.0725 e. The van der Waals surface area contributed by atoms with Crippen molar-refractivity contribution in [2.45, 2.75) is 0 Å². The molecule has 10 aromatic rings. The lowest BCUT2D eigenvalue weighted by Crippen LogP contribution is -2.10. The fourth-order valence-electron chi connectivity index (χ4n) is 9.02. The molecule has 0 aliphatic carbocycles. The van der Waals surface area contributed by atoms with Crippen molar-refractivity contribution in [1.82, 2.24) is 29.1 Å². The van der Waals surface area contributed by atoms with E-state index in [2.05, 4.69) is 177 Å². The zero-order valence-corrected chi connectivity index (χ0v) is 31.2. The Morgan fingerprint density at radius 3 is 1.19 bits per heavy atom. The standard InChI is InChI=1S/C52H32N6/c1-3-13-35(14-4-1)57-45-25-21-37(43-19-7-17-41(55-43)33-11-9-29-53-31-33)39-24-28-48-52(49(39)45)51-47(57)27-23-40-38(44-20-8-18-42(56-44)34-12-10-30-54-32-34)22-26-46(50(40)51)58(48)36-15-5-2-6-16-36/h1-32H. The predicted molar refractivity (Wildman–Crippen MR) is 236 cm³/mol. The largest absolute Gasteiger partial charge is 0.309 e. The van der Waals surface area contributed by atoms with Gasteiger partial charge < -0.3 is 9.13 Å². The van der Waals surface area contributed by atoms with Gasteiger partial charge in [-0.1, -0.05) is 72.8 Å². The molecule has 0 fully saturated rings. The van der Waals surface area contributed by atoms with E-state index >= 15 is 0 Å². The predicted octanol–water partition coefficient (Wildman–Crippen LogP) is 12.7. The lowest BCUT2D eigenvalue weighted by atomic mass is 9.84. The zero-order chi connectivity index (χ0) is 38.2. The fourth-order valence-corrected chi connectivity index (χ4v) is 9.02. The number of nitrogens with zero attached hydrogens (tertiary/aromatic N) is 6. The molecule has 0 saturated heterocycles. The SMILES string of the molecule is c1ccc(-n2c3ccc4c(-c5cccc(-c6cccnc6)n5)ccc5c4c3-c3c4c(ccc3n5-c3ccccc3)c(-c3cccc(-c5cccnc5)n3)ccc42)cc1. The summed E-state index contributed by atoms with van der Waals surface area (Å²) >= 11 is 0. The van der Waals surface area contributed by atoms with E-state index in [9.17, 15) is 0 Å². The van der Waals surface area contributed by atoms with Crippen molar-refractivity contribution in [2.24, 2.45) is 0 Å². The highest BCUT2D eigenvalue weighted by molar-refractivity contribution is 6.29. The summed E-state index contributed by atoms with van der Waals surface area (Å²) in [5.41, 5.74) is 17.0. The Bertz CT molecular complexity index is 3190. The van der Waals surface area contributed by atoms with Gasteiger partial charge in [0.25, 0.3) is 0 Å². The highest BCUT2D eigenvalue weighted by atomic mass is 15.0. The molecule has 6 nitrogen and oxygen atoms in total. The van der Waals surface area contributed by atoms with Gasteiger partial charge in [0.05, 0.1) is 44.8 Å². The monoisotopic (exact) mass is 740 g/mol. The van der Waals surface area contributed by atoms with Crippen LogP contribution < -0.4 is 0 Å². The molecular formula is C52H32N6. The van der Waals surface area contributed by atoms with Crippen molar-refractivity contribution in [3.8, 4) is 67.5 Å². The van der Waals surface area contributed by atoms with E-state index in [1.807, 2.05) is 24.5 Å². The summed E-state index contributed by atoms with van der Waals surface area (Å²) in [6, 6.07) is 60.3. The van der Waals surface area contributed by atoms with Gasteiger partial charge in [-0.25, -0.2) is 9.97 Å². The van der Waals surface area contributed by atoms with Gasteiger partial charge >= 0.3 is 0 Å². The first kappa shape index (κ1) is 32.3. The second kappa shape index (κ2) is 12.8. The quantitative estimate of drug-likeness (QED) is 0.126. The molecule has 6 heterocycles. The minimum atomic E-state index is 0.892. The van der Waals surface area contributed by atoms with Crippen LogP contribution in [0, 0.1) is 0 Å². The van der Waals surface area contributed by atoms with Crippen molar-refractivity contribution in [3.05, 3.63) is 195 Å². The molecule has 0 saturated carbocycles. The highest BCUT2D eigenvalue weighted by Crippen LogP contribution is 2.52. The van der Waals surface area contributed by atoms with Gasteiger partial charge in [0.1, 0.15) is 0 Å². The molecule has 58 heavy (non-hydrogen) atoms. The average Bonchev–Trinajstić information content (AvgIpc) is 3.31. The molecule has 0 atom stereocenters. The summed E-state index contributed by atoms with van der Waals surface area (Å²) in [6.45, 7) is 0. The highest BCUT2D eigenvalue weighted by Gasteiger charge is 2.29. The van der Waals surface area contributed by atoms with Crippen LogP contribution in [0.1, 0.15) is 0 Å². The number of hydrogen-bond acceptors (Lipinski definition) is 4. The first-order valence-electron chi connectivity index (χ1n) is 19.5. The second-order valence-electron chi connectivity index (χ2n) is 14.7. The van der Waals surface area contributed by atoms with Crippen LogP contribution in [-0.2, 0) is 0 Å². The Hall–Kier alpha value is -7.96. The van der Waals surface area contributed by atoms with Crippen molar-refractivity contribution >= 4 is 43.6 Å². The van der Waals surface area contributed by atoms with Crippen molar-refractivity contribution in [3.63, 3.8) is 0 Å². The molecule has 0 bridgehead atoms. The summed E-state index contributed by atoms with van der Waals surface area (Å²) < 4.78 is 4.88. The van der Waals surface area contributed by atoms with Crippen LogP contribution in [0.25, 0.3) is 111 Å². The average molecular weight is 741 g/mol. The van der Waals surface area contributed by atoms with E-state index < -0.39 is 0 Å². The molecule has 12 rings (SSSR count).